The van der Waals surface area contributed by atoms with E-state index in [1.807, 2.05) is 24.5 Å². The van der Waals surface area contributed by atoms with Crippen LogP contribution < -0.4 is 5.32 Å². The Labute approximate surface area is 113 Å². The van der Waals surface area contributed by atoms with Gasteiger partial charge in [-0.2, -0.15) is 0 Å². The molecule has 0 aliphatic rings. The minimum Gasteiger partial charge on any atom is -0.353 e. The topological polar surface area (TPSA) is 29.9 Å². The van der Waals surface area contributed by atoms with E-state index in [9.17, 15) is 4.39 Å². The molecule has 4 heteroatoms. The number of hydrogen-bond acceptors (Lipinski definition) is 2. The molecule has 0 bridgehead atoms. The zero-order valence-electron chi connectivity index (χ0n) is 11.4. The standard InChI is InChI=1S/C15H20FN3/c1-3-9-19-10-8-17-15(19)18-12(2)11-13-4-6-14(16)7-5-13/h4-8,10,12H,3,9,11H2,1-2H3,(H,17,18). The summed E-state index contributed by atoms with van der Waals surface area (Å²) >= 11 is 0. The highest BCUT2D eigenvalue weighted by Crippen LogP contribution is 2.11. The first-order valence-electron chi connectivity index (χ1n) is 6.71. The molecule has 0 saturated carbocycles. The van der Waals surface area contributed by atoms with Gasteiger partial charge in [0.25, 0.3) is 0 Å². The molecular formula is C15H20FN3. The third kappa shape index (κ3) is 3.81. The van der Waals surface area contributed by atoms with Crippen molar-refractivity contribution in [3.8, 4) is 0 Å². The van der Waals surface area contributed by atoms with Crippen molar-refractivity contribution in [2.75, 3.05) is 5.32 Å². The van der Waals surface area contributed by atoms with E-state index in [4.69, 9.17) is 0 Å². The monoisotopic (exact) mass is 261 g/mol. The fourth-order valence-corrected chi connectivity index (χ4v) is 2.12. The van der Waals surface area contributed by atoms with Gasteiger partial charge >= 0.3 is 0 Å². The predicted molar refractivity (Wildman–Crippen MR) is 75.7 cm³/mol. The number of imidazole rings is 1. The lowest BCUT2D eigenvalue weighted by molar-refractivity contribution is 0.626. The highest BCUT2D eigenvalue weighted by atomic mass is 19.1. The van der Waals surface area contributed by atoms with Crippen LogP contribution in [0.3, 0.4) is 0 Å². The molecule has 1 aromatic heterocycles. The maximum Gasteiger partial charge on any atom is 0.202 e. The second-order valence-electron chi connectivity index (χ2n) is 4.82. The molecular weight excluding hydrogens is 241 g/mol. The highest BCUT2D eigenvalue weighted by Gasteiger charge is 2.07. The molecule has 0 fully saturated rings. The molecule has 0 spiro atoms. The lowest BCUT2D eigenvalue weighted by Crippen LogP contribution is -2.20. The first kappa shape index (κ1) is 13.6. The van der Waals surface area contributed by atoms with Crippen molar-refractivity contribution in [1.29, 1.82) is 0 Å². The molecule has 0 amide bonds. The van der Waals surface area contributed by atoms with Gasteiger partial charge in [0.15, 0.2) is 0 Å². The van der Waals surface area contributed by atoms with E-state index in [0.29, 0.717) is 0 Å². The third-order valence-electron chi connectivity index (χ3n) is 3.01. The number of nitrogens with zero attached hydrogens (tertiary/aromatic N) is 2. The lowest BCUT2D eigenvalue weighted by atomic mass is 10.1. The zero-order chi connectivity index (χ0) is 13.7. The molecule has 1 N–H and O–H groups in total. The van der Waals surface area contributed by atoms with Crippen LogP contribution in [0.25, 0.3) is 0 Å². The Kier molecular flexibility index (Phi) is 4.55. The SMILES string of the molecule is CCCn1ccnc1NC(C)Cc1ccc(F)cc1. The Morgan fingerprint density at radius 2 is 2.05 bits per heavy atom. The van der Waals surface area contributed by atoms with Crippen LogP contribution in [-0.4, -0.2) is 15.6 Å². The summed E-state index contributed by atoms with van der Waals surface area (Å²) in [5.74, 6) is 0.708. The van der Waals surface area contributed by atoms with Crippen LogP contribution in [0.1, 0.15) is 25.8 Å². The van der Waals surface area contributed by atoms with Gasteiger partial charge in [0.1, 0.15) is 5.82 Å². The van der Waals surface area contributed by atoms with E-state index in [0.717, 1.165) is 30.9 Å². The van der Waals surface area contributed by atoms with E-state index in [1.54, 1.807) is 0 Å². The van der Waals surface area contributed by atoms with Crippen LogP contribution in [0, 0.1) is 5.82 Å². The fourth-order valence-electron chi connectivity index (χ4n) is 2.12. The van der Waals surface area contributed by atoms with Crippen molar-refractivity contribution in [3.63, 3.8) is 0 Å². The third-order valence-corrected chi connectivity index (χ3v) is 3.01. The number of rotatable bonds is 6. The molecule has 2 rings (SSSR count). The van der Waals surface area contributed by atoms with Gasteiger partial charge in [-0.3, -0.25) is 0 Å². The minimum atomic E-state index is -0.192. The van der Waals surface area contributed by atoms with Crippen molar-refractivity contribution < 1.29 is 4.39 Å². The maximum absolute atomic E-state index is 12.8. The summed E-state index contributed by atoms with van der Waals surface area (Å²) in [5, 5.41) is 3.40. The van der Waals surface area contributed by atoms with Crippen LogP contribution in [0.2, 0.25) is 0 Å². The van der Waals surface area contributed by atoms with Gasteiger partial charge in [-0.15, -0.1) is 0 Å². The average Bonchev–Trinajstić information content (AvgIpc) is 2.80. The fraction of sp³-hybridized carbons (Fsp3) is 0.400. The minimum absolute atomic E-state index is 0.192. The summed E-state index contributed by atoms with van der Waals surface area (Å²) in [5.41, 5.74) is 1.12. The molecule has 3 nitrogen and oxygen atoms in total. The summed E-state index contributed by atoms with van der Waals surface area (Å²) in [4.78, 5) is 4.32. The second-order valence-corrected chi connectivity index (χ2v) is 4.82. The highest BCUT2D eigenvalue weighted by molar-refractivity contribution is 5.29. The molecule has 19 heavy (non-hydrogen) atoms. The molecule has 1 aromatic carbocycles. The van der Waals surface area contributed by atoms with Crippen molar-refractivity contribution in [3.05, 3.63) is 48.0 Å². The van der Waals surface area contributed by atoms with Gasteiger partial charge in [-0.05, 0) is 37.5 Å². The quantitative estimate of drug-likeness (QED) is 0.862. The lowest BCUT2D eigenvalue weighted by Gasteiger charge is -2.16. The smallest absolute Gasteiger partial charge is 0.202 e. The van der Waals surface area contributed by atoms with Crippen LogP contribution in [-0.2, 0) is 13.0 Å². The molecule has 1 heterocycles. The summed E-state index contributed by atoms with van der Waals surface area (Å²) in [7, 11) is 0. The average molecular weight is 261 g/mol. The second kappa shape index (κ2) is 6.36. The molecule has 2 aromatic rings. The number of anilines is 1. The number of aryl methyl sites for hydroxylation is 1. The number of nitrogens with one attached hydrogen (secondary N) is 1. The van der Waals surface area contributed by atoms with Crippen LogP contribution >= 0.6 is 0 Å². The normalized spacial score (nSPS) is 12.4. The largest absolute Gasteiger partial charge is 0.353 e. The van der Waals surface area contributed by atoms with E-state index >= 15 is 0 Å². The molecule has 1 atom stereocenters. The van der Waals surface area contributed by atoms with Gasteiger partial charge in [0.2, 0.25) is 5.95 Å². The van der Waals surface area contributed by atoms with Crippen molar-refractivity contribution in [2.45, 2.75) is 39.3 Å². The first-order chi connectivity index (χ1) is 9.19. The van der Waals surface area contributed by atoms with Crippen molar-refractivity contribution in [1.82, 2.24) is 9.55 Å². The van der Waals surface area contributed by atoms with Crippen LogP contribution in [0.15, 0.2) is 36.7 Å². The van der Waals surface area contributed by atoms with E-state index in [1.165, 1.54) is 12.1 Å². The van der Waals surface area contributed by atoms with E-state index < -0.39 is 0 Å². The number of halogens is 1. The summed E-state index contributed by atoms with van der Waals surface area (Å²) < 4.78 is 15.0. The molecule has 1 unspecified atom stereocenters. The Morgan fingerprint density at radius 1 is 1.32 bits per heavy atom. The number of hydrogen-bond donors (Lipinski definition) is 1. The van der Waals surface area contributed by atoms with Gasteiger partial charge in [-0.1, -0.05) is 19.1 Å². The number of benzene rings is 1. The van der Waals surface area contributed by atoms with Crippen LogP contribution in [0.4, 0.5) is 10.3 Å². The molecule has 0 saturated heterocycles. The van der Waals surface area contributed by atoms with Gasteiger partial charge in [0, 0.05) is 25.0 Å². The first-order valence-corrected chi connectivity index (χ1v) is 6.71. The molecule has 102 valence electrons. The summed E-state index contributed by atoms with van der Waals surface area (Å²) in [6, 6.07) is 6.90. The Bertz CT molecular complexity index is 504. The molecule has 0 aliphatic carbocycles. The predicted octanol–water partition coefficient (Wildman–Crippen LogP) is 3.48. The summed E-state index contributed by atoms with van der Waals surface area (Å²) in [6.45, 7) is 5.21. The summed E-state index contributed by atoms with van der Waals surface area (Å²) in [6.07, 6.45) is 5.72. The zero-order valence-corrected chi connectivity index (χ0v) is 11.4. The Morgan fingerprint density at radius 3 is 2.74 bits per heavy atom. The molecule has 0 radical (unpaired) electrons. The van der Waals surface area contributed by atoms with Gasteiger partial charge in [0.05, 0.1) is 0 Å². The van der Waals surface area contributed by atoms with Crippen LogP contribution in [0.5, 0.6) is 0 Å². The molecule has 0 aliphatic heterocycles. The van der Waals surface area contributed by atoms with Crippen molar-refractivity contribution in [2.24, 2.45) is 0 Å². The number of aromatic nitrogens is 2. The Balaban J connectivity index is 1.95. The van der Waals surface area contributed by atoms with E-state index in [-0.39, 0.29) is 11.9 Å². The van der Waals surface area contributed by atoms with E-state index in [2.05, 4.69) is 28.7 Å². The van der Waals surface area contributed by atoms with Crippen molar-refractivity contribution >= 4 is 5.95 Å². The van der Waals surface area contributed by atoms with Gasteiger partial charge in [-0.25, -0.2) is 9.37 Å². The van der Waals surface area contributed by atoms with Gasteiger partial charge < -0.3 is 9.88 Å². The Hall–Kier alpha value is -1.84. The maximum atomic E-state index is 12.8.